The largest absolute Gasteiger partial charge is 0.370 e. The molecule has 1 aliphatic heterocycles. The van der Waals surface area contributed by atoms with Gasteiger partial charge in [0.1, 0.15) is 0 Å². The normalized spacial score (nSPS) is 15.7. The Bertz CT molecular complexity index is 724. The number of aromatic nitrogens is 1. The first kappa shape index (κ1) is 16.0. The molecule has 5 heteroatoms. The minimum absolute atomic E-state index is 0.00288. The fourth-order valence-electron chi connectivity index (χ4n) is 3.08. The number of hydrogen-bond donors (Lipinski definition) is 1. The minimum Gasteiger partial charge on any atom is -0.370 e. The number of hydrogen-bond acceptors (Lipinski definition) is 3. The van der Waals surface area contributed by atoms with E-state index in [0.717, 1.165) is 47.3 Å². The molecule has 0 aliphatic carbocycles. The van der Waals surface area contributed by atoms with Crippen LogP contribution in [0.15, 0.2) is 41.0 Å². The number of piperidine rings is 1. The average molecular weight is 374 g/mol. The third-order valence-electron chi connectivity index (χ3n) is 4.40. The van der Waals surface area contributed by atoms with Gasteiger partial charge in [0.05, 0.1) is 15.9 Å². The summed E-state index contributed by atoms with van der Waals surface area (Å²) in [6.45, 7) is 3.75. The molecule has 2 heterocycles. The van der Waals surface area contributed by atoms with E-state index in [0.29, 0.717) is 0 Å². The number of benzene rings is 1. The minimum atomic E-state index is -0.182. The molecule has 0 atom stereocenters. The molecule has 1 fully saturated rings. The van der Waals surface area contributed by atoms with Crippen molar-refractivity contribution >= 4 is 27.5 Å². The predicted molar refractivity (Wildman–Crippen MR) is 96.2 cm³/mol. The van der Waals surface area contributed by atoms with Crippen LogP contribution in [0.2, 0.25) is 0 Å². The Kier molecular flexibility index (Phi) is 4.66. The van der Waals surface area contributed by atoms with Crippen molar-refractivity contribution in [3.8, 4) is 11.3 Å². The molecule has 1 amide bonds. The highest BCUT2D eigenvalue weighted by Crippen LogP contribution is 2.36. The van der Waals surface area contributed by atoms with Crippen molar-refractivity contribution in [2.45, 2.75) is 19.8 Å². The molecule has 1 aromatic heterocycles. The van der Waals surface area contributed by atoms with Crippen molar-refractivity contribution in [1.82, 2.24) is 4.98 Å². The third kappa shape index (κ3) is 3.39. The molecule has 120 valence electrons. The molecular formula is C18H20BrN3O. The van der Waals surface area contributed by atoms with Gasteiger partial charge in [0.2, 0.25) is 5.91 Å². The fraction of sp³-hybridized carbons (Fsp3) is 0.333. The standard InChI is InChI=1S/C18H20BrN3O/c1-12-3-2-4-14(11-12)17-16(19)15(5-8-21-17)22-9-6-13(7-10-22)18(20)23/h2-5,8,11,13H,6-7,9-10H2,1H3,(H2,20,23). The molecule has 2 aromatic rings. The van der Waals surface area contributed by atoms with E-state index in [2.05, 4.69) is 50.9 Å². The third-order valence-corrected chi connectivity index (χ3v) is 5.18. The Morgan fingerprint density at radius 2 is 2.04 bits per heavy atom. The summed E-state index contributed by atoms with van der Waals surface area (Å²) in [7, 11) is 0. The van der Waals surface area contributed by atoms with Crippen LogP contribution in [0.3, 0.4) is 0 Å². The van der Waals surface area contributed by atoms with E-state index >= 15 is 0 Å². The number of carbonyl (C=O) groups is 1. The molecule has 2 N–H and O–H groups in total. The van der Waals surface area contributed by atoms with Gasteiger partial charge < -0.3 is 10.6 Å². The molecule has 0 radical (unpaired) electrons. The van der Waals surface area contributed by atoms with Crippen LogP contribution in [-0.2, 0) is 4.79 Å². The number of primary amides is 1. The molecule has 0 spiro atoms. The number of pyridine rings is 1. The lowest BCUT2D eigenvalue weighted by molar-refractivity contribution is -0.122. The second-order valence-electron chi connectivity index (χ2n) is 6.03. The summed E-state index contributed by atoms with van der Waals surface area (Å²) >= 11 is 3.73. The molecular weight excluding hydrogens is 354 g/mol. The van der Waals surface area contributed by atoms with Gasteiger partial charge in [0, 0.05) is 30.8 Å². The lowest BCUT2D eigenvalue weighted by atomic mass is 9.96. The van der Waals surface area contributed by atoms with Crippen LogP contribution in [0.4, 0.5) is 5.69 Å². The summed E-state index contributed by atoms with van der Waals surface area (Å²) in [5, 5.41) is 0. The Morgan fingerprint density at radius 1 is 1.30 bits per heavy atom. The van der Waals surface area contributed by atoms with E-state index in [1.54, 1.807) is 0 Å². The molecule has 23 heavy (non-hydrogen) atoms. The van der Waals surface area contributed by atoms with E-state index in [4.69, 9.17) is 5.73 Å². The summed E-state index contributed by atoms with van der Waals surface area (Å²) < 4.78 is 1.00. The van der Waals surface area contributed by atoms with Crippen molar-refractivity contribution in [1.29, 1.82) is 0 Å². The van der Waals surface area contributed by atoms with Gasteiger partial charge in [0.25, 0.3) is 0 Å². The molecule has 0 saturated carbocycles. The maximum atomic E-state index is 11.3. The topological polar surface area (TPSA) is 59.2 Å². The number of halogens is 1. The van der Waals surface area contributed by atoms with Crippen LogP contribution in [0.1, 0.15) is 18.4 Å². The number of nitrogens with two attached hydrogens (primary N) is 1. The first-order valence-electron chi connectivity index (χ1n) is 7.82. The monoisotopic (exact) mass is 373 g/mol. The van der Waals surface area contributed by atoms with Crippen molar-refractivity contribution in [2.24, 2.45) is 11.7 Å². The zero-order valence-electron chi connectivity index (χ0n) is 13.1. The summed E-state index contributed by atoms with van der Waals surface area (Å²) in [5.41, 5.74) is 9.81. The SMILES string of the molecule is Cc1cccc(-c2nccc(N3CCC(C(N)=O)CC3)c2Br)c1. The number of carbonyl (C=O) groups excluding carboxylic acids is 1. The summed E-state index contributed by atoms with van der Waals surface area (Å²) in [5.74, 6) is -0.179. The molecule has 0 unspecified atom stereocenters. The zero-order valence-corrected chi connectivity index (χ0v) is 14.7. The van der Waals surface area contributed by atoms with Crippen molar-refractivity contribution in [3.63, 3.8) is 0 Å². The number of aryl methyl sites for hydroxylation is 1. The average Bonchev–Trinajstić information content (AvgIpc) is 2.55. The Labute approximate surface area is 144 Å². The quantitative estimate of drug-likeness (QED) is 0.894. The Balaban J connectivity index is 1.88. The van der Waals surface area contributed by atoms with Gasteiger partial charge in [-0.1, -0.05) is 23.8 Å². The molecule has 4 nitrogen and oxygen atoms in total. The number of rotatable bonds is 3. The van der Waals surface area contributed by atoms with Gasteiger partial charge in [-0.2, -0.15) is 0 Å². The fourth-order valence-corrected chi connectivity index (χ4v) is 3.79. The van der Waals surface area contributed by atoms with Gasteiger partial charge in [-0.3, -0.25) is 9.78 Å². The Morgan fingerprint density at radius 3 is 2.70 bits per heavy atom. The van der Waals surface area contributed by atoms with Crippen LogP contribution in [-0.4, -0.2) is 24.0 Å². The second-order valence-corrected chi connectivity index (χ2v) is 6.82. The molecule has 0 bridgehead atoms. The van der Waals surface area contributed by atoms with Gasteiger partial charge in [-0.15, -0.1) is 0 Å². The van der Waals surface area contributed by atoms with E-state index in [1.807, 2.05) is 18.3 Å². The maximum absolute atomic E-state index is 11.3. The van der Waals surface area contributed by atoms with E-state index in [9.17, 15) is 4.79 Å². The number of amides is 1. The van der Waals surface area contributed by atoms with Crippen molar-refractivity contribution in [3.05, 3.63) is 46.6 Å². The first-order chi connectivity index (χ1) is 11.1. The van der Waals surface area contributed by atoms with Gasteiger partial charge in [0.15, 0.2) is 0 Å². The van der Waals surface area contributed by atoms with Crippen LogP contribution < -0.4 is 10.6 Å². The molecule has 1 aromatic carbocycles. The van der Waals surface area contributed by atoms with Crippen LogP contribution in [0.5, 0.6) is 0 Å². The van der Waals surface area contributed by atoms with Crippen molar-refractivity contribution in [2.75, 3.05) is 18.0 Å². The summed E-state index contributed by atoms with van der Waals surface area (Å²) in [6.07, 6.45) is 3.46. The predicted octanol–water partition coefficient (Wildman–Crippen LogP) is 3.52. The first-order valence-corrected chi connectivity index (χ1v) is 8.61. The molecule has 1 saturated heterocycles. The highest BCUT2D eigenvalue weighted by molar-refractivity contribution is 9.10. The number of nitrogens with zero attached hydrogens (tertiary/aromatic N) is 2. The van der Waals surface area contributed by atoms with Gasteiger partial charge in [-0.25, -0.2) is 0 Å². The highest BCUT2D eigenvalue weighted by atomic mass is 79.9. The highest BCUT2D eigenvalue weighted by Gasteiger charge is 2.25. The Hall–Kier alpha value is -1.88. The smallest absolute Gasteiger partial charge is 0.220 e. The zero-order chi connectivity index (χ0) is 16.4. The van der Waals surface area contributed by atoms with E-state index < -0.39 is 0 Å². The lowest BCUT2D eigenvalue weighted by Crippen LogP contribution is -2.38. The van der Waals surface area contributed by atoms with Gasteiger partial charge in [-0.05, 0) is 47.8 Å². The molecule has 1 aliphatic rings. The lowest BCUT2D eigenvalue weighted by Gasteiger charge is -2.33. The van der Waals surface area contributed by atoms with Gasteiger partial charge >= 0.3 is 0 Å². The maximum Gasteiger partial charge on any atom is 0.220 e. The van der Waals surface area contributed by atoms with Crippen LogP contribution >= 0.6 is 15.9 Å². The number of anilines is 1. The van der Waals surface area contributed by atoms with E-state index in [-0.39, 0.29) is 11.8 Å². The molecule has 3 rings (SSSR count). The second kappa shape index (κ2) is 6.71. The summed E-state index contributed by atoms with van der Waals surface area (Å²) in [6, 6.07) is 10.4. The summed E-state index contributed by atoms with van der Waals surface area (Å²) in [4.78, 5) is 18.2. The van der Waals surface area contributed by atoms with Crippen molar-refractivity contribution < 1.29 is 4.79 Å². The van der Waals surface area contributed by atoms with Crippen LogP contribution in [0.25, 0.3) is 11.3 Å². The van der Waals surface area contributed by atoms with Crippen LogP contribution in [0, 0.1) is 12.8 Å². The van der Waals surface area contributed by atoms with E-state index in [1.165, 1.54) is 5.56 Å².